The van der Waals surface area contributed by atoms with Crippen LogP contribution in [0.2, 0.25) is 0 Å². The predicted octanol–water partition coefficient (Wildman–Crippen LogP) is 2.04. The van der Waals surface area contributed by atoms with Crippen LogP contribution < -0.4 is 5.73 Å². The van der Waals surface area contributed by atoms with Gasteiger partial charge in [-0.3, -0.25) is 0 Å². The minimum absolute atomic E-state index is 0.00580. The zero-order chi connectivity index (χ0) is 16.5. The second-order valence-electron chi connectivity index (χ2n) is 5.44. The number of hydrogen-bond acceptors (Lipinski definition) is 4. The number of thiocarbonyl (C=S) groups is 1. The van der Waals surface area contributed by atoms with Crippen LogP contribution in [0.5, 0.6) is 0 Å². The zero-order valence-electron chi connectivity index (χ0n) is 12.6. The number of ether oxygens (including phenoxy) is 1. The Morgan fingerprint density at radius 2 is 1.95 bits per heavy atom. The number of sulfone groups is 1. The molecule has 3 atom stereocenters. The minimum Gasteiger partial charge on any atom is -0.393 e. The van der Waals surface area contributed by atoms with E-state index in [1.807, 2.05) is 6.92 Å². The molecule has 22 heavy (non-hydrogen) atoms. The number of halogens is 1. The first-order chi connectivity index (χ1) is 10.3. The van der Waals surface area contributed by atoms with Gasteiger partial charge in [-0.15, -0.1) is 0 Å². The maximum absolute atomic E-state index is 13.1. The molecular weight excluding hydrogens is 325 g/mol. The largest absolute Gasteiger partial charge is 0.393 e. The Morgan fingerprint density at radius 3 is 2.41 bits per heavy atom. The van der Waals surface area contributed by atoms with Crippen LogP contribution in [0.3, 0.4) is 0 Å². The lowest BCUT2D eigenvalue weighted by molar-refractivity contribution is 0.121. The van der Waals surface area contributed by atoms with E-state index >= 15 is 0 Å². The molecule has 0 heterocycles. The van der Waals surface area contributed by atoms with Gasteiger partial charge in [-0.2, -0.15) is 0 Å². The molecule has 1 saturated carbocycles. The fraction of sp³-hybridized carbons (Fsp3) is 0.533. The monoisotopic (exact) mass is 345 g/mol. The Bertz CT molecular complexity index is 660. The SMILES string of the molecule is CCOCC1(C(N)=S)C(c2ccc(F)cc2)C1S(=O)(=O)CC. The van der Waals surface area contributed by atoms with Crippen molar-refractivity contribution in [3.05, 3.63) is 35.6 Å². The van der Waals surface area contributed by atoms with Gasteiger partial charge in [0.15, 0.2) is 9.84 Å². The number of hydrogen-bond donors (Lipinski definition) is 1. The summed E-state index contributed by atoms with van der Waals surface area (Å²) in [6.45, 7) is 4.02. The van der Waals surface area contributed by atoms with Crippen LogP contribution in [0.4, 0.5) is 4.39 Å². The summed E-state index contributed by atoms with van der Waals surface area (Å²) in [5, 5.41) is -0.709. The van der Waals surface area contributed by atoms with E-state index in [4.69, 9.17) is 22.7 Å². The molecule has 0 spiro atoms. The van der Waals surface area contributed by atoms with Crippen molar-refractivity contribution >= 4 is 27.0 Å². The molecule has 0 aliphatic heterocycles. The molecule has 0 saturated heterocycles. The van der Waals surface area contributed by atoms with Crippen LogP contribution in [-0.4, -0.2) is 37.6 Å². The first kappa shape index (κ1) is 17.3. The average molecular weight is 345 g/mol. The Labute approximate surface area is 135 Å². The van der Waals surface area contributed by atoms with Crippen molar-refractivity contribution in [1.29, 1.82) is 0 Å². The molecule has 0 radical (unpaired) electrons. The van der Waals surface area contributed by atoms with Gasteiger partial charge in [0.2, 0.25) is 0 Å². The second kappa shape index (κ2) is 6.22. The molecule has 7 heteroatoms. The van der Waals surface area contributed by atoms with Crippen LogP contribution >= 0.6 is 12.2 Å². The summed E-state index contributed by atoms with van der Waals surface area (Å²) in [4.78, 5) is 0.136. The van der Waals surface area contributed by atoms with E-state index in [2.05, 4.69) is 0 Å². The highest BCUT2D eigenvalue weighted by atomic mass is 32.2. The van der Waals surface area contributed by atoms with Gasteiger partial charge < -0.3 is 10.5 Å². The van der Waals surface area contributed by atoms with Gasteiger partial charge in [-0.1, -0.05) is 31.3 Å². The summed E-state index contributed by atoms with van der Waals surface area (Å²) < 4.78 is 43.5. The Kier molecular flexibility index (Phi) is 4.89. The normalized spacial score (nSPS) is 27.6. The van der Waals surface area contributed by atoms with Crippen molar-refractivity contribution in [1.82, 2.24) is 0 Å². The third-order valence-electron chi connectivity index (χ3n) is 4.28. The van der Waals surface area contributed by atoms with E-state index in [0.717, 1.165) is 5.56 Å². The van der Waals surface area contributed by atoms with Gasteiger partial charge in [0.25, 0.3) is 0 Å². The first-order valence-electron chi connectivity index (χ1n) is 7.16. The highest BCUT2D eigenvalue weighted by Gasteiger charge is 2.72. The topological polar surface area (TPSA) is 69.4 Å². The van der Waals surface area contributed by atoms with E-state index in [0.29, 0.717) is 6.61 Å². The van der Waals surface area contributed by atoms with Crippen molar-refractivity contribution < 1.29 is 17.5 Å². The Hall–Kier alpha value is -1.05. The quantitative estimate of drug-likeness (QED) is 0.766. The maximum atomic E-state index is 13.1. The molecule has 1 fully saturated rings. The lowest BCUT2D eigenvalue weighted by atomic mass is 10.00. The molecular formula is C15H20FNO3S2. The molecule has 0 bridgehead atoms. The molecule has 4 nitrogen and oxygen atoms in total. The Balaban J connectivity index is 2.48. The van der Waals surface area contributed by atoms with Gasteiger partial charge in [-0.05, 0) is 24.6 Å². The number of benzene rings is 1. The van der Waals surface area contributed by atoms with Gasteiger partial charge in [0.05, 0.1) is 22.3 Å². The molecule has 122 valence electrons. The standard InChI is InChI=1S/C15H20FNO3S2/c1-3-20-9-15(14(17)21)12(13(15)22(18,19)4-2)10-5-7-11(16)8-6-10/h5-8,12-13H,3-4,9H2,1-2H3,(H2,17,21). The van der Waals surface area contributed by atoms with Crippen molar-refractivity contribution in [3.63, 3.8) is 0 Å². The van der Waals surface area contributed by atoms with Gasteiger partial charge >= 0.3 is 0 Å². The van der Waals surface area contributed by atoms with Crippen molar-refractivity contribution in [3.8, 4) is 0 Å². The van der Waals surface area contributed by atoms with E-state index in [9.17, 15) is 12.8 Å². The van der Waals surface area contributed by atoms with E-state index in [1.165, 1.54) is 12.1 Å². The molecule has 2 N–H and O–H groups in total. The average Bonchev–Trinajstić information content (AvgIpc) is 3.17. The summed E-state index contributed by atoms with van der Waals surface area (Å²) in [5.41, 5.74) is 5.70. The van der Waals surface area contributed by atoms with Crippen molar-refractivity contribution in [2.45, 2.75) is 25.0 Å². The van der Waals surface area contributed by atoms with E-state index in [-0.39, 0.29) is 29.1 Å². The summed E-state index contributed by atoms with van der Waals surface area (Å²) in [6, 6.07) is 5.80. The van der Waals surface area contributed by atoms with Crippen molar-refractivity contribution in [2.24, 2.45) is 11.1 Å². The summed E-state index contributed by atoms with van der Waals surface area (Å²) in [6.07, 6.45) is 0. The van der Waals surface area contributed by atoms with Crippen LogP contribution in [0.1, 0.15) is 25.3 Å². The number of rotatable bonds is 7. The molecule has 1 aliphatic rings. The first-order valence-corrected chi connectivity index (χ1v) is 9.28. The fourth-order valence-corrected chi connectivity index (χ4v) is 5.53. The molecule has 0 amide bonds. The van der Waals surface area contributed by atoms with Crippen molar-refractivity contribution in [2.75, 3.05) is 19.0 Å². The zero-order valence-corrected chi connectivity index (χ0v) is 14.2. The second-order valence-corrected chi connectivity index (χ2v) is 8.29. The molecule has 0 aromatic heterocycles. The highest BCUT2D eigenvalue weighted by molar-refractivity contribution is 7.92. The lowest BCUT2D eigenvalue weighted by Gasteiger charge is -2.16. The molecule has 1 aliphatic carbocycles. The van der Waals surface area contributed by atoms with Crippen LogP contribution in [-0.2, 0) is 14.6 Å². The summed E-state index contributed by atoms with van der Waals surface area (Å²) >= 11 is 5.16. The lowest BCUT2D eigenvalue weighted by Crippen LogP contribution is -2.34. The van der Waals surface area contributed by atoms with Gasteiger partial charge in [-0.25, -0.2) is 12.8 Å². The van der Waals surface area contributed by atoms with Gasteiger partial charge in [0.1, 0.15) is 5.82 Å². The van der Waals surface area contributed by atoms with E-state index < -0.39 is 20.5 Å². The molecule has 1 aromatic carbocycles. The molecule has 2 rings (SSSR count). The van der Waals surface area contributed by atoms with Crippen LogP contribution in [0.25, 0.3) is 0 Å². The minimum atomic E-state index is -3.36. The fourth-order valence-electron chi connectivity index (χ4n) is 3.06. The summed E-state index contributed by atoms with van der Waals surface area (Å²) in [7, 11) is -3.36. The third kappa shape index (κ3) is 2.77. The Morgan fingerprint density at radius 1 is 1.36 bits per heavy atom. The molecule has 3 unspecified atom stereocenters. The molecule has 1 aromatic rings. The van der Waals surface area contributed by atoms with Gasteiger partial charge in [0, 0.05) is 18.3 Å². The maximum Gasteiger partial charge on any atom is 0.154 e. The smallest absolute Gasteiger partial charge is 0.154 e. The van der Waals surface area contributed by atoms with Crippen LogP contribution in [0.15, 0.2) is 24.3 Å². The van der Waals surface area contributed by atoms with Crippen LogP contribution in [0, 0.1) is 11.2 Å². The highest BCUT2D eigenvalue weighted by Crippen LogP contribution is 2.63. The predicted molar refractivity (Wildman–Crippen MR) is 88.1 cm³/mol. The summed E-state index contributed by atoms with van der Waals surface area (Å²) in [5.74, 6) is -0.751. The number of nitrogens with two attached hydrogens (primary N) is 1. The third-order valence-corrected chi connectivity index (χ3v) is 6.93. The van der Waals surface area contributed by atoms with E-state index in [1.54, 1.807) is 19.1 Å².